The van der Waals surface area contributed by atoms with Crippen LogP contribution in [0.15, 0.2) is 12.3 Å². The maximum Gasteiger partial charge on any atom is 0.216 e. The number of pyridine rings is 1. The number of halogens is 2. The minimum absolute atomic E-state index is 0.388. The van der Waals surface area contributed by atoms with Crippen LogP contribution in [0.4, 0.5) is 4.39 Å². The third kappa shape index (κ3) is 2.22. The Bertz CT molecular complexity index is 324. The number of hydrogen-bond acceptors (Lipinski definition) is 2. The van der Waals surface area contributed by atoms with Crippen molar-refractivity contribution in [2.45, 2.75) is 12.8 Å². The van der Waals surface area contributed by atoms with E-state index in [9.17, 15) is 4.39 Å². The summed E-state index contributed by atoms with van der Waals surface area (Å²) in [6.45, 7) is 1.99. The summed E-state index contributed by atoms with van der Waals surface area (Å²) < 4.78 is 13.2. The molecule has 2 heterocycles. The fourth-order valence-electron chi connectivity index (χ4n) is 1.81. The standard InChI is InChI=1S/C10H12ClFN2/c11-9-4-8(10(12)14-6-9)3-7-1-2-13-5-7/h4,6-7,13H,1-3,5H2. The molecule has 1 N–H and O–H groups in total. The lowest BCUT2D eigenvalue weighted by Crippen LogP contribution is -2.11. The van der Waals surface area contributed by atoms with E-state index in [1.165, 1.54) is 6.20 Å². The monoisotopic (exact) mass is 214 g/mol. The van der Waals surface area contributed by atoms with Crippen LogP contribution < -0.4 is 5.32 Å². The van der Waals surface area contributed by atoms with Crippen molar-refractivity contribution in [3.8, 4) is 0 Å². The summed E-state index contributed by atoms with van der Waals surface area (Å²) in [4.78, 5) is 3.60. The molecule has 0 bridgehead atoms. The maximum absolute atomic E-state index is 13.2. The van der Waals surface area contributed by atoms with Crippen molar-refractivity contribution in [3.63, 3.8) is 0 Å². The first-order valence-corrected chi connectivity index (χ1v) is 5.14. The largest absolute Gasteiger partial charge is 0.316 e. The molecule has 1 atom stereocenters. The van der Waals surface area contributed by atoms with Crippen LogP contribution >= 0.6 is 11.6 Å². The molecule has 2 nitrogen and oxygen atoms in total. The van der Waals surface area contributed by atoms with Crippen molar-refractivity contribution in [1.82, 2.24) is 10.3 Å². The first-order valence-electron chi connectivity index (χ1n) is 4.76. The van der Waals surface area contributed by atoms with Crippen molar-refractivity contribution in [1.29, 1.82) is 0 Å². The van der Waals surface area contributed by atoms with Crippen molar-refractivity contribution < 1.29 is 4.39 Å². The molecule has 4 heteroatoms. The summed E-state index contributed by atoms with van der Waals surface area (Å²) in [5.41, 5.74) is 0.631. The molecule has 14 heavy (non-hydrogen) atoms. The molecule has 0 aliphatic carbocycles. The molecule has 0 saturated carbocycles. The average Bonchev–Trinajstić information content (AvgIpc) is 2.64. The number of nitrogens with one attached hydrogen (secondary N) is 1. The van der Waals surface area contributed by atoms with Gasteiger partial charge < -0.3 is 5.32 Å². The highest BCUT2D eigenvalue weighted by molar-refractivity contribution is 6.30. The fraction of sp³-hybridized carbons (Fsp3) is 0.500. The summed E-state index contributed by atoms with van der Waals surface area (Å²) in [6.07, 6.45) is 3.17. The van der Waals surface area contributed by atoms with E-state index in [1.807, 2.05) is 0 Å². The summed E-state index contributed by atoms with van der Waals surface area (Å²) in [6, 6.07) is 1.67. The molecule has 1 aliphatic heterocycles. The molecule has 2 rings (SSSR count). The molecule has 0 spiro atoms. The van der Waals surface area contributed by atoms with Crippen LogP contribution in [-0.2, 0) is 6.42 Å². The molecule has 0 amide bonds. The Labute approximate surface area is 87.5 Å². The molecular weight excluding hydrogens is 203 g/mol. The predicted molar refractivity (Wildman–Crippen MR) is 53.9 cm³/mol. The van der Waals surface area contributed by atoms with E-state index >= 15 is 0 Å². The van der Waals surface area contributed by atoms with Gasteiger partial charge in [-0.05, 0) is 37.9 Å². The third-order valence-corrected chi connectivity index (χ3v) is 2.76. The minimum atomic E-state index is -0.388. The zero-order chi connectivity index (χ0) is 9.97. The Morgan fingerprint density at radius 2 is 2.50 bits per heavy atom. The maximum atomic E-state index is 13.2. The van der Waals surface area contributed by atoms with E-state index in [4.69, 9.17) is 11.6 Å². The van der Waals surface area contributed by atoms with E-state index in [1.54, 1.807) is 6.07 Å². The van der Waals surface area contributed by atoms with Gasteiger partial charge in [-0.15, -0.1) is 0 Å². The SMILES string of the molecule is Fc1ncc(Cl)cc1CC1CCNC1. The smallest absolute Gasteiger partial charge is 0.216 e. The van der Waals surface area contributed by atoms with E-state index in [2.05, 4.69) is 10.3 Å². The zero-order valence-corrected chi connectivity index (χ0v) is 8.52. The second kappa shape index (κ2) is 4.24. The summed E-state index contributed by atoms with van der Waals surface area (Å²) in [5.74, 6) is 0.131. The van der Waals surface area contributed by atoms with Crippen molar-refractivity contribution in [3.05, 3.63) is 28.8 Å². The highest BCUT2D eigenvalue weighted by Gasteiger charge is 2.17. The van der Waals surface area contributed by atoms with Crippen LogP contribution in [0.1, 0.15) is 12.0 Å². The van der Waals surface area contributed by atoms with Gasteiger partial charge in [-0.3, -0.25) is 0 Å². The quantitative estimate of drug-likeness (QED) is 0.762. The summed E-state index contributed by atoms with van der Waals surface area (Å²) in [5, 5.41) is 3.76. The number of hydrogen-bond donors (Lipinski definition) is 1. The van der Waals surface area contributed by atoms with Gasteiger partial charge in [0.2, 0.25) is 5.95 Å². The molecule has 1 saturated heterocycles. The number of aromatic nitrogens is 1. The molecule has 1 aromatic heterocycles. The average molecular weight is 215 g/mol. The Kier molecular flexibility index (Phi) is 2.99. The van der Waals surface area contributed by atoms with Gasteiger partial charge in [-0.2, -0.15) is 4.39 Å². The summed E-state index contributed by atoms with van der Waals surface area (Å²) in [7, 11) is 0. The van der Waals surface area contributed by atoms with Gasteiger partial charge in [0.15, 0.2) is 0 Å². The zero-order valence-electron chi connectivity index (χ0n) is 7.76. The Morgan fingerprint density at radius 3 is 3.21 bits per heavy atom. The van der Waals surface area contributed by atoms with Gasteiger partial charge in [-0.25, -0.2) is 4.98 Å². The normalized spacial score (nSPS) is 21.4. The van der Waals surface area contributed by atoms with Gasteiger partial charge >= 0.3 is 0 Å². The van der Waals surface area contributed by atoms with Crippen LogP contribution in [0.5, 0.6) is 0 Å². The van der Waals surface area contributed by atoms with Gasteiger partial charge in [0.05, 0.1) is 5.02 Å². The predicted octanol–water partition coefficient (Wildman–Crippen LogP) is 2.03. The minimum Gasteiger partial charge on any atom is -0.316 e. The lowest BCUT2D eigenvalue weighted by molar-refractivity contribution is 0.523. The molecule has 1 aromatic rings. The number of nitrogens with zero attached hydrogens (tertiary/aromatic N) is 1. The second-order valence-corrected chi connectivity index (χ2v) is 4.10. The summed E-state index contributed by atoms with van der Waals surface area (Å²) >= 11 is 5.76. The highest BCUT2D eigenvalue weighted by Crippen LogP contribution is 2.19. The van der Waals surface area contributed by atoms with Gasteiger partial charge in [0, 0.05) is 11.8 Å². The first-order chi connectivity index (χ1) is 6.75. The third-order valence-electron chi connectivity index (χ3n) is 2.55. The molecule has 1 unspecified atom stereocenters. The van der Waals surface area contributed by atoms with E-state index in [0.717, 1.165) is 25.9 Å². The van der Waals surface area contributed by atoms with Crippen LogP contribution in [0.2, 0.25) is 5.02 Å². The topological polar surface area (TPSA) is 24.9 Å². The van der Waals surface area contributed by atoms with Crippen molar-refractivity contribution >= 4 is 11.6 Å². The van der Waals surface area contributed by atoms with Crippen LogP contribution in [0, 0.1) is 11.9 Å². The molecule has 0 aromatic carbocycles. The lowest BCUT2D eigenvalue weighted by atomic mass is 10.00. The van der Waals surface area contributed by atoms with E-state index in [-0.39, 0.29) is 5.95 Å². The molecular formula is C10H12ClFN2. The number of rotatable bonds is 2. The lowest BCUT2D eigenvalue weighted by Gasteiger charge is -2.08. The molecule has 1 aliphatic rings. The van der Waals surface area contributed by atoms with Crippen LogP contribution in [0.3, 0.4) is 0 Å². The Hall–Kier alpha value is -0.670. The van der Waals surface area contributed by atoms with Gasteiger partial charge in [0.1, 0.15) is 0 Å². The van der Waals surface area contributed by atoms with E-state index in [0.29, 0.717) is 16.5 Å². The molecule has 1 fully saturated rings. The Morgan fingerprint density at radius 1 is 1.64 bits per heavy atom. The highest BCUT2D eigenvalue weighted by atomic mass is 35.5. The first kappa shape index (κ1) is 9.87. The van der Waals surface area contributed by atoms with Gasteiger partial charge in [0.25, 0.3) is 0 Å². The van der Waals surface area contributed by atoms with E-state index < -0.39 is 0 Å². The van der Waals surface area contributed by atoms with Gasteiger partial charge in [-0.1, -0.05) is 11.6 Å². The molecule has 0 radical (unpaired) electrons. The van der Waals surface area contributed by atoms with Crippen LogP contribution in [0.25, 0.3) is 0 Å². The fourth-order valence-corrected chi connectivity index (χ4v) is 1.99. The second-order valence-electron chi connectivity index (χ2n) is 3.67. The van der Waals surface area contributed by atoms with Crippen molar-refractivity contribution in [2.24, 2.45) is 5.92 Å². The Balaban J connectivity index is 2.10. The van der Waals surface area contributed by atoms with Crippen LogP contribution in [-0.4, -0.2) is 18.1 Å². The molecule has 76 valence electrons. The van der Waals surface area contributed by atoms with Crippen molar-refractivity contribution in [2.75, 3.05) is 13.1 Å².